The molecule has 21 heavy (non-hydrogen) atoms. The van der Waals surface area contributed by atoms with Gasteiger partial charge in [0.2, 0.25) is 0 Å². The summed E-state index contributed by atoms with van der Waals surface area (Å²) in [6.07, 6.45) is 8.81. The molecular formula is C16H19N3O2. The van der Waals surface area contributed by atoms with E-state index in [1.807, 2.05) is 12.1 Å². The molecule has 0 amide bonds. The summed E-state index contributed by atoms with van der Waals surface area (Å²) in [5.74, 6) is -0.367. The average Bonchev–Trinajstić information content (AvgIpc) is 2.86. The topological polar surface area (TPSA) is 68.0 Å². The Labute approximate surface area is 123 Å². The molecule has 0 fully saturated rings. The third-order valence-corrected chi connectivity index (χ3v) is 4.12. The van der Waals surface area contributed by atoms with Crippen LogP contribution in [0.15, 0.2) is 30.6 Å². The molecule has 0 unspecified atom stereocenters. The zero-order valence-electron chi connectivity index (χ0n) is 12.2. The maximum Gasteiger partial charge on any atom is 0.307 e. The first kappa shape index (κ1) is 13.8. The lowest BCUT2D eigenvalue weighted by atomic mass is 9.82. The van der Waals surface area contributed by atoms with Crippen molar-refractivity contribution in [2.45, 2.75) is 38.6 Å². The molecule has 0 radical (unpaired) electrons. The van der Waals surface area contributed by atoms with Crippen molar-refractivity contribution in [1.82, 2.24) is 14.5 Å². The van der Waals surface area contributed by atoms with Crippen LogP contribution in [0.1, 0.15) is 44.5 Å². The highest BCUT2D eigenvalue weighted by Crippen LogP contribution is 2.37. The molecular weight excluding hydrogens is 266 g/mol. The van der Waals surface area contributed by atoms with E-state index >= 15 is 0 Å². The quantitative estimate of drug-likeness (QED) is 0.880. The van der Waals surface area contributed by atoms with Crippen LogP contribution < -0.4 is 0 Å². The van der Waals surface area contributed by atoms with Gasteiger partial charge in [0.25, 0.3) is 0 Å². The predicted molar refractivity (Wildman–Crippen MR) is 80.2 cm³/mol. The highest BCUT2D eigenvalue weighted by atomic mass is 16.4. The summed E-state index contributed by atoms with van der Waals surface area (Å²) in [6, 6.07) is 2.17. The highest BCUT2D eigenvalue weighted by molar-refractivity contribution is 5.76. The number of nitrogens with zero attached hydrogens (tertiary/aromatic N) is 3. The van der Waals surface area contributed by atoms with Crippen molar-refractivity contribution in [1.29, 1.82) is 0 Å². The molecule has 0 aliphatic heterocycles. The zero-order chi connectivity index (χ0) is 15.0. The number of aliphatic carboxylic acids is 1. The van der Waals surface area contributed by atoms with Crippen LogP contribution in [0.3, 0.4) is 0 Å². The maximum absolute atomic E-state index is 11.6. The molecule has 0 saturated heterocycles. The minimum atomic E-state index is -0.746. The Kier molecular flexibility index (Phi) is 3.49. The fraction of sp³-hybridized carbons (Fsp3) is 0.438. The lowest BCUT2D eigenvalue weighted by Crippen LogP contribution is -2.26. The number of carboxylic acids is 1. The van der Waals surface area contributed by atoms with E-state index in [1.165, 1.54) is 0 Å². The molecule has 1 aliphatic rings. The Hall–Kier alpha value is -2.17. The lowest BCUT2D eigenvalue weighted by Gasteiger charge is -2.26. The van der Waals surface area contributed by atoms with Crippen LogP contribution >= 0.6 is 0 Å². The van der Waals surface area contributed by atoms with E-state index < -0.39 is 11.9 Å². The minimum Gasteiger partial charge on any atom is -0.481 e. The molecule has 2 atom stereocenters. The molecule has 0 aromatic carbocycles. The van der Waals surface area contributed by atoms with Crippen molar-refractivity contribution < 1.29 is 9.90 Å². The first-order valence-electron chi connectivity index (χ1n) is 7.29. The van der Waals surface area contributed by atoms with Crippen LogP contribution in [-0.4, -0.2) is 25.6 Å². The predicted octanol–water partition coefficient (Wildman–Crippen LogP) is 3.15. The van der Waals surface area contributed by atoms with E-state index in [0.29, 0.717) is 6.42 Å². The van der Waals surface area contributed by atoms with Gasteiger partial charge in [0.05, 0.1) is 17.6 Å². The number of allylic oxidation sites excluding steroid dienone is 2. The van der Waals surface area contributed by atoms with Gasteiger partial charge in [-0.05, 0) is 32.8 Å². The van der Waals surface area contributed by atoms with E-state index in [0.717, 1.165) is 23.3 Å². The summed E-state index contributed by atoms with van der Waals surface area (Å²) < 4.78 is 2.15. The minimum absolute atomic E-state index is 0.0812. The van der Waals surface area contributed by atoms with Crippen molar-refractivity contribution in [3.63, 3.8) is 0 Å². The van der Waals surface area contributed by atoms with Gasteiger partial charge in [-0.25, -0.2) is 4.98 Å². The maximum atomic E-state index is 11.6. The summed E-state index contributed by atoms with van der Waals surface area (Å²) in [5.41, 5.74) is 1.86. The number of carbonyl (C=O) groups is 1. The van der Waals surface area contributed by atoms with Crippen molar-refractivity contribution >= 4 is 17.0 Å². The van der Waals surface area contributed by atoms with Crippen molar-refractivity contribution in [2.75, 3.05) is 0 Å². The van der Waals surface area contributed by atoms with Crippen molar-refractivity contribution in [2.24, 2.45) is 5.92 Å². The Morgan fingerprint density at radius 2 is 2.14 bits per heavy atom. The fourth-order valence-electron chi connectivity index (χ4n) is 3.15. The van der Waals surface area contributed by atoms with Gasteiger partial charge in [-0.1, -0.05) is 12.2 Å². The first-order chi connectivity index (χ1) is 10.1. The molecule has 1 aliphatic carbocycles. The van der Waals surface area contributed by atoms with Crippen LogP contribution in [0.2, 0.25) is 0 Å². The Morgan fingerprint density at radius 1 is 1.38 bits per heavy atom. The van der Waals surface area contributed by atoms with Crippen LogP contribution in [0, 0.1) is 5.92 Å². The number of carboxylic acid groups (broad SMARTS) is 1. The SMILES string of the molecule is CC(C)n1c([C@@H]2CC=CC[C@@H]2C(=O)O)nc2cnccc21. The van der Waals surface area contributed by atoms with E-state index in [1.54, 1.807) is 12.4 Å². The first-order valence-corrected chi connectivity index (χ1v) is 7.29. The summed E-state index contributed by atoms with van der Waals surface area (Å²) in [4.78, 5) is 20.4. The zero-order valence-corrected chi connectivity index (χ0v) is 12.2. The highest BCUT2D eigenvalue weighted by Gasteiger charge is 2.34. The molecule has 1 N–H and O–H groups in total. The second-order valence-electron chi connectivity index (χ2n) is 5.79. The molecule has 3 rings (SSSR count). The molecule has 2 aromatic heterocycles. The number of rotatable bonds is 3. The van der Waals surface area contributed by atoms with Gasteiger partial charge in [-0.15, -0.1) is 0 Å². The molecule has 2 heterocycles. The summed E-state index contributed by atoms with van der Waals surface area (Å²) >= 11 is 0. The van der Waals surface area contributed by atoms with Crippen molar-refractivity contribution in [3.05, 3.63) is 36.4 Å². The van der Waals surface area contributed by atoms with Crippen LogP contribution in [0.25, 0.3) is 11.0 Å². The van der Waals surface area contributed by atoms with Crippen molar-refractivity contribution in [3.8, 4) is 0 Å². The van der Waals surface area contributed by atoms with E-state index in [2.05, 4.69) is 29.5 Å². The standard InChI is InChI=1S/C16H19N3O2/c1-10(2)19-14-7-8-17-9-13(14)18-15(19)11-5-3-4-6-12(11)16(20)21/h3-4,7-12H,5-6H2,1-2H3,(H,20,21)/t11-,12+/m1/s1. The number of hydrogen-bond donors (Lipinski definition) is 1. The van der Waals surface area contributed by atoms with Gasteiger partial charge in [-0.3, -0.25) is 9.78 Å². The lowest BCUT2D eigenvalue weighted by molar-refractivity contribution is -0.142. The van der Waals surface area contributed by atoms with E-state index in [9.17, 15) is 9.90 Å². The summed E-state index contributed by atoms with van der Waals surface area (Å²) in [6.45, 7) is 4.19. The van der Waals surface area contributed by atoms with Gasteiger partial charge in [0, 0.05) is 18.2 Å². The largest absolute Gasteiger partial charge is 0.481 e. The van der Waals surface area contributed by atoms with Gasteiger partial charge in [0.1, 0.15) is 11.3 Å². The smallest absolute Gasteiger partial charge is 0.307 e. The number of fused-ring (bicyclic) bond motifs is 1. The summed E-state index contributed by atoms with van der Waals surface area (Å²) in [5, 5.41) is 9.49. The number of pyridine rings is 1. The Balaban J connectivity index is 2.16. The van der Waals surface area contributed by atoms with E-state index in [-0.39, 0.29) is 12.0 Å². The van der Waals surface area contributed by atoms with Crippen LogP contribution in [0.5, 0.6) is 0 Å². The number of aromatic nitrogens is 3. The summed E-state index contributed by atoms with van der Waals surface area (Å²) in [7, 11) is 0. The normalized spacial score (nSPS) is 22.0. The fourth-order valence-corrected chi connectivity index (χ4v) is 3.15. The molecule has 5 heteroatoms. The second-order valence-corrected chi connectivity index (χ2v) is 5.79. The average molecular weight is 285 g/mol. The second kappa shape index (κ2) is 5.31. The molecule has 5 nitrogen and oxygen atoms in total. The van der Waals surface area contributed by atoms with Crippen LogP contribution in [0.4, 0.5) is 0 Å². The molecule has 0 spiro atoms. The molecule has 0 saturated carbocycles. The van der Waals surface area contributed by atoms with Gasteiger partial charge < -0.3 is 9.67 Å². The molecule has 2 aromatic rings. The Morgan fingerprint density at radius 3 is 2.86 bits per heavy atom. The monoisotopic (exact) mass is 285 g/mol. The van der Waals surface area contributed by atoms with Gasteiger partial charge >= 0.3 is 5.97 Å². The molecule has 110 valence electrons. The third-order valence-electron chi connectivity index (χ3n) is 4.12. The van der Waals surface area contributed by atoms with E-state index in [4.69, 9.17) is 4.98 Å². The molecule has 0 bridgehead atoms. The third kappa shape index (κ3) is 2.33. The Bertz CT molecular complexity index is 703. The van der Waals surface area contributed by atoms with Gasteiger partial charge in [0.15, 0.2) is 0 Å². The number of imidazole rings is 1. The number of hydrogen-bond acceptors (Lipinski definition) is 3. The van der Waals surface area contributed by atoms with Gasteiger partial charge in [-0.2, -0.15) is 0 Å². The van der Waals surface area contributed by atoms with Crippen LogP contribution in [-0.2, 0) is 4.79 Å².